The lowest BCUT2D eigenvalue weighted by molar-refractivity contribution is -0.126. The Bertz CT molecular complexity index is 1010. The molecule has 30 heavy (non-hydrogen) atoms. The van der Waals surface area contributed by atoms with Crippen LogP contribution in [0, 0.1) is 12.8 Å². The first-order chi connectivity index (χ1) is 14.3. The number of aryl methyl sites for hydroxylation is 1. The maximum Gasteiger partial charge on any atom is 0.246 e. The summed E-state index contributed by atoms with van der Waals surface area (Å²) in [5, 5.41) is 6.92. The third-order valence-corrected chi connectivity index (χ3v) is 7.19. The van der Waals surface area contributed by atoms with E-state index in [1.807, 2.05) is 30.3 Å². The molecule has 4 rings (SSSR count). The number of sulfonamides is 1. The van der Waals surface area contributed by atoms with E-state index in [0.29, 0.717) is 37.7 Å². The molecule has 1 aliphatic carbocycles. The average Bonchev–Trinajstić information content (AvgIpc) is 3.35. The Labute approximate surface area is 175 Å². The van der Waals surface area contributed by atoms with Crippen molar-refractivity contribution in [1.82, 2.24) is 19.8 Å². The molecule has 0 unspecified atom stereocenters. The number of benzene rings is 1. The number of ether oxygens (including phenoxy) is 1. The fourth-order valence-corrected chi connectivity index (χ4v) is 5.54. The maximum absolute atomic E-state index is 12.4. The zero-order chi connectivity index (χ0) is 21.4. The highest BCUT2D eigenvalue weighted by molar-refractivity contribution is 7.88. The SMILES string of the molecule is Cc1noc([C@]23C[C@H](NC(=O)COCc4ccccc4)C[C@H]2CN(S(C)(=O)=O)C3)n1. The van der Waals surface area contributed by atoms with Gasteiger partial charge in [-0.25, -0.2) is 12.7 Å². The lowest BCUT2D eigenvalue weighted by atomic mass is 9.80. The van der Waals surface area contributed by atoms with Crippen molar-refractivity contribution >= 4 is 15.9 Å². The summed E-state index contributed by atoms with van der Waals surface area (Å²) in [6, 6.07) is 9.57. The van der Waals surface area contributed by atoms with Crippen molar-refractivity contribution in [3.05, 3.63) is 47.6 Å². The molecular formula is C20H26N4O5S. The minimum absolute atomic E-state index is 0.00242. The van der Waals surface area contributed by atoms with E-state index in [1.54, 1.807) is 6.92 Å². The number of rotatable bonds is 7. The normalized spacial score (nSPS) is 26.6. The molecule has 2 aliphatic rings. The number of hydrogen-bond donors (Lipinski definition) is 1. The molecule has 1 amide bonds. The Kier molecular flexibility index (Phi) is 5.65. The van der Waals surface area contributed by atoms with Crippen molar-refractivity contribution in [3.8, 4) is 0 Å². The first-order valence-corrected chi connectivity index (χ1v) is 11.8. The molecule has 0 spiro atoms. The molecule has 2 heterocycles. The van der Waals surface area contributed by atoms with Gasteiger partial charge in [-0.2, -0.15) is 4.98 Å². The van der Waals surface area contributed by atoms with Crippen molar-refractivity contribution in [2.75, 3.05) is 26.0 Å². The molecule has 3 atom stereocenters. The van der Waals surface area contributed by atoms with E-state index in [4.69, 9.17) is 9.26 Å². The molecule has 10 heteroatoms. The van der Waals surface area contributed by atoms with E-state index < -0.39 is 15.4 Å². The predicted molar refractivity (Wildman–Crippen MR) is 108 cm³/mol. The Morgan fingerprint density at radius 2 is 2.13 bits per heavy atom. The Morgan fingerprint density at radius 1 is 1.37 bits per heavy atom. The molecule has 1 aromatic carbocycles. The number of nitrogens with zero attached hydrogens (tertiary/aromatic N) is 3. The highest BCUT2D eigenvalue weighted by atomic mass is 32.2. The van der Waals surface area contributed by atoms with Crippen LogP contribution in [0.2, 0.25) is 0 Å². The molecule has 1 aliphatic heterocycles. The van der Waals surface area contributed by atoms with Crippen LogP contribution in [0.1, 0.15) is 30.1 Å². The van der Waals surface area contributed by atoms with E-state index in [-0.39, 0.29) is 31.0 Å². The van der Waals surface area contributed by atoms with Crippen molar-refractivity contribution in [2.24, 2.45) is 5.92 Å². The second-order valence-corrected chi connectivity index (χ2v) is 10.2. The second-order valence-electron chi connectivity index (χ2n) is 8.24. The minimum Gasteiger partial charge on any atom is -0.367 e. The summed E-state index contributed by atoms with van der Waals surface area (Å²) >= 11 is 0. The highest BCUT2D eigenvalue weighted by Crippen LogP contribution is 2.50. The summed E-state index contributed by atoms with van der Waals surface area (Å²) < 4.78 is 36.7. The smallest absolute Gasteiger partial charge is 0.246 e. The molecule has 1 saturated carbocycles. The zero-order valence-corrected chi connectivity index (χ0v) is 17.9. The van der Waals surface area contributed by atoms with Gasteiger partial charge in [-0.1, -0.05) is 35.5 Å². The summed E-state index contributed by atoms with van der Waals surface area (Å²) in [5.41, 5.74) is 0.431. The van der Waals surface area contributed by atoms with E-state index >= 15 is 0 Å². The molecular weight excluding hydrogens is 408 g/mol. The van der Waals surface area contributed by atoms with Crippen molar-refractivity contribution < 1.29 is 22.5 Å². The van der Waals surface area contributed by atoms with Gasteiger partial charge in [0, 0.05) is 19.1 Å². The van der Waals surface area contributed by atoms with Gasteiger partial charge in [0.2, 0.25) is 21.8 Å². The van der Waals surface area contributed by atoms with Gasteiger partial charge in [0.15, 0.2) is 5.82 Å². The number of hydrogen-bond acceptors (Lipinski definition) is 7. The van der Waals surface area contributed by atoms with Crippen LogP contribution in [0.4, 0.5) is 0 Å². The van der Waals surface area contributed by atoms with Crippen LogP contribution in [0.25, 0.3) is 0 Å². The Hall–Kier alpha value is -2.30. The number of carbonyl (C=O) groups excluding carboxylic acids is 1. The van der Waals surface area contributed by atoms with Crippen LogP contribution in [0.3, 0.4) is 0 Å². The van der Waals surface area contributed by atoms with Gasteiger partial charge < -0.3 is 14.6 Å². The standard InChI is InChI=1S/C20H26N4O5S/c1-14-21-19(29-23-14)20-9-17(8-16(20)10-24(13-20)30(2,26)27)22-18(25)12-28-11-15-6-4-3-5-7-15/h3-7,16-17H,8-13H2,1-2H3,(H,22,25)/t16-,17+,20-/m0/s1. The van der Waals surface area contributed by atoms with E-state index in [2.05, 4.69) is 15.5 Å². The monoisotopic (exact) mass is 434 g/mol. The van der Waals surface area contributed by atoms with Gasteiger partial charge in [0.05, 0.1) is 18.3 Å². The largest absolute Gasteiger partial charge is 0.367 e. The highest BCUT2D eigenvalue weighted by Gasteiger charge is 2.58. The van der Waals surface area contributed by atoms with Gasteiger partial charge in [-0.3, -0.25) is 4.79 Å². The summed E-state index contributed by atoms with van der Waals surface area (Å²) in [5.74, 6) is 0.779. The summed E-state index contributed by atoms with van der Waals surface area (Å²) in [6.45, 7) is 2.75. The molecule has 0 radical (unpaired) electrons. The molecule has 9 nitrogen and oxygen atoms in total. The van der Waals surface area contributed by atoms with Gasteiger partial charge in [0.25, 0.3) is 0 Å². The van der Waals surface area contributed by atoms with E-state index in [1.165, 1.54) is 10.6 Å². The fourth-order valence-electron chi connectivity index (χ4n) is 4.62. The average molecular weight is 435 g/mol. The van der Waals surface area contributed by atoms with Crippen LogP contribution >= 0.6 is 0 Å². The van der Waals surface area contributed by atoms with Gasteiger partial charge in [0.1, 0.15) is 6.61 Å². The number of nitrogens with one attached hydrogen (secondary N) is 1. The predicted octanol–water partition coefficient (Wildman–Crippen LogP) is 1.00. The third kappa shape index (κ3) is 4.26. The summed E-state index contributed by atoms with van der Waals surface area (Å²) in [6.07, 6.45) is 2.41. The topological polar surface area (TPSA) is 115 Å². The fraction of sp³-hybridized carbons (Fsp3) is 0.550. The van der Waals surface area contributed by atoms with E-state index in [9.17, 15) is 13.2 Å². The summed E-state index contributed by atoms with van der Waals surface area (Å²) in [7, 11) is -3.33. The summed E-state index contributed by atoms with van der Waals surface area (Å²) in [4.78, 5) is 16.8. The number of carbonyl (C=O) groups is 1. The van der Waals surface area contributed by atoms with Crippen LogP contribution in [-0.4, -0.2) is 60.8 Å². The first-order valence-electron chi connectivity index (χ1n) is 9.93. The molecule has 1 saturated heterocycles. The molecule has 162 valence electrons. The van der Waals surface area contributed by atoms with Gasteiger partial charge in [-0.05, 0) is 31.2 Å². The van der Waals surface area contributed by atoms with Crippen LogP contribution in [-0.2, 0) is 31.6 Å². The lowest BCUT2D eigenvalue weighted by Crippen LogP contribution is -2.40. The number of fused-ring (bicyclic) bond motifs is 1. The second kappa shape index (κ2) is 8.09. The van der Waals surface area contributed by atoms with Crippen LogP contribution < -0.4 is 5.32 Å². The van der Waals surface area contributed by atoms with E-state index in [0.717, 1.165) is 5.56 Å². The number of amides is 1. The Balaban J connectivity index is 1.39. The molecule has 2 fully saturated rings. The maximum atomic E-state index is 12.4. The molecule has 2 aromatic rings. The van der Waals surface area contributed by atoms with Gasteiger partial charge >= 0.3 is 0 Å². The quantitative estimate of drug-likeness (QED) is 0.691. The van der Waals surface area contributed by atoms with Crippen molar-refractivity contribution in [2.45, 2.75) is 37.8 Å². The molecule has 0 bridgehead atoms. The minimum atomic E-state index is -3.33. The Morgan fingerprint density at radius 3 is 2.80 bits per heavy atom. The van der Waals surface area contributed by atoms with Crippen molar-refractivity contribution in [3.63, 3.8) is 0 Å². The zero-order valence-electron chi connectivity index (χ0n) is 17.1. The number of aromatic nitrogens is 2. The van der Waals surface area contributed by atoms with Gasteiger partial charge in [-0.15, -0.1) is 0 Å². The molecule has 1 N–H and O–H groups in total. The van der Waals surface area contributed by atoms with Crippen LogP contribution in [0.5, 0.6) is 0 Å². The third-order valence-electron chi connectivity index (χ3n) is 5.98. The van der Waals surface area contributed by atoms with Crippen LogP contribution in [0.15, 0.2) is 34.9 Å². The molecule has 1 aromatic heterocycles. The first kappa shape index (κ1) is 21.0. The lowest BCUT2D eigenvalue weighted by Gasteiger charge is -2.24. The van der Waals surface area contributed by atoms with Crippen molar-refractivity contribution in [1.29, 1.82) is 0 Å².